The largest absolute Gasteiger partial charge is 0.373 e. The molecule has 2 aliphatic heterocycles. The molecule has 27 heavy (non-hydrogen) atoms. The van der Waals surface area contributed by atoms with Crippen molar-refractivity contribution in [3.8, 4) is 0 Å². The van der Waals surface area contributed by atoms with Gasteiger partial charge in [-0.05, 0) is 44.2 Å². The maximum atomic E-state index is 12.0. The Labute approximate surface area is 162 Å². The van der Waals surface area contributed by atoms with Crippen LogP contribution in [0.25, 0.3) is 0 Å². The van der Waals surface area contributed by atoms with Crippen molar-refractivity contribution >= 4 is 16.0 Å². The van der Waals surface area contributed by atoms with E-state index in [1.165, 1.54) is 6.42 Å². The van der Waals surface area contributed by atoms with Gasteiger partial charge in [0.2, 0.25) is 10.0 Å². The molecule has 3 atom stereocenters. The zero-order valence-electron chi connectivity index (χ0n) is 16.2. The van der Waals surface area contributed by atoms with E-state index in [1.807, 2.05) is 38.1 Å². The van der Waals surface area contributed by atoms with Crippen molar-refractivity contribution in [1.29, 1.82) is 0 Å². The molecular weight excluding hydrogens is 364 g/mol. The number of ether oxygens (including phenoxy) is 1. The van der Waals surface area contributed by atoms with E-state index >= 15 is 0 Å². The van der Waals surface area contributed by atoms with Crippen LogP contribution in [0.1, 0.15) is 44.2 Å². The van der Waals surface area contributed by atoms with Gasteiger partial charge in [0.05, 0.1) is 24.0 Å². The van der Waals surface area contributed by atoms with Crippen LogP contribution in [0.5, 0.6) is 0 Å². The Morgan fingerprint density at radius 2 is 1.93 bits per heavy atom. The number of sulfonamides is 1. The van der Waals surface area contributed by atoms with Gasteiger partial charge in [0.1, 0.15) is 0 Å². The van der Waals surface area contributed by atoms with Crippen molar-refractivity contribution in [2.24, 2.45) is 4.99 Å². The minimum atomic E-state index is -3.30. The van der Waals surface area contributed by atoms with Gasteiger partial charge >= 0.3 is 0 Å². The third-order valence-corrected chi connectivity index (χ3v) is 6.45. The van der Waals surface area contributed by atoms with Gasteiger partial charge in [0, 0.05) is 19.6 Å². The molecule has 7 nitrogen and oxygen atoms in total. The molecule has 0 radical (unpaired) electrons. The minimum Gasteiger partial charge on any atom is -0.373 e. The summed E-state index contributed by atoms with van der Waals surface area (Å²) >= 11 is 0. The second-order valence-electron chi connectivity index (χ2n) is 7.63. The van der Waals surface area contributed by atoms with Crippen molar-refractivity contribution in [3.05, 3.63) is 35.4 Å². The molecule has 1 aromatic rings. The minimum absolute atomic E-state index is 0.00759. The highest BCUT2D eigenvalue weighted by molar-refractivity contribution is 7.88. The molecule has 2 saturated heterocycles. The molecule has 0 amide bonds. The number of nitrogens with zero attached hydrogens (tertiary/aromatic N) is 1. The molecule has 1 aromatic carbocycles. The van der Waals surface area contributed by atoms with Crippen molar-refractivity contribution in [1.82, 2.24) is 15.4 Å². The lowest BCUT2D eigenvalue weighted by atomic mass is 9.96. The Bertz CT molecular complexity index is 762. The average Bonchev–Trinajstić information content (AvgIpc) is 3.21. The third kappa shape index (κ3) is 5.67. The monoisotopic (exact) mass is 394 g/mol. The summed E-state index contributed by atoms with van der Waals surface area (Å²) < 4.78 is 32.5. The molecule has 2 aliphatic rings. The lowest BCUT2D eigenvalue weighted by molar-refractivity contribution is 0.0992. The number of fused-ring (bicyclic) bond motifs is 2. The summed E-state index contributed by atoms with van der Waals surface area (Å²) in [7, 11) is -1.54. The average molecular weight is 395 g/mol. The van der Waals surface area contributed by atoms with E-state index in [4.69, 9.17) is 4.74 Å². The molecular formula is C19H30N4O3S. The highest BCUT2D eigenvalue weighted by atomic mass is 32.2. The van der Waals surface area contributed by atoms with E-state index in [1.54, 1.807) is 7.05 Å². The Balaban J connectivity index is 1.49. The SMILES string of the molecule is CN=C(NCc1ccc(CS(=O)(=O)NC(C)C)cc1)NC1CC2CCC1O2. The van der Waals surface area contributed by atoms with Crippen LogP contribution in [0.4, 0.5) is 0 Å². The van der Waals surface area contributed by atoms with Crippen LogP contribution in [-0.2, 0) is 27.1 Å². The van der Waals surface area contributed by atoms with Crippen molar-refractivity contribution in [3.63, 3.8) is 0 Å². The molecule has 3 N–H and O–H groups in total. The molecule has 2 fully saturated rings. The van der Waals surface area contributed by atoms with Gasteiger partial charge in [-0.15, -0.1) is 0 Å². The highest BCUT2D eigenvalue weighted by Crippen LogP contribution is 2.34. The third-order valence-electron chi connectivity index (χ3n) is 4.91. The number of rotatable bonds is 7. The number of benzene rings is 1. The van der Waals surface area contributed by atoms with E-state index in [9.17, 15) is 8.42 Å². The van der Waals surface area contributed by atoms with E-state index in [0.717, 1.165) is 29.9 Å². The number of hydrogen-bond donors (Lipinski definition) is 3. The zero-order chi connectivity index (χ0) is 19.4. The lowest BCUT2D eigenvalue weighted by Crippen LogP contribution is -2.47. The van der Waals surface area contributed by atoms with Crippen LogP contribution in [0.2, 0.25) is 0 Å². The fraction of sp³-hybridized carbons (Fsp3) is 0.632. The van der Waals surface area contributed by atoms with Gasteiger partial charge in [0.25, 0.3) is 0 Å². The van der Waals surface area contributed by atoms with Crippen LogP contribution < -0.4 is 15.4 Å². The number of hydrogen-bond acceptors (Lipinski definition) is 4. The lowest BCUT2D eigenvalue weighted by Gasteiger charge is -2.22. The fourth-order valence-corrected chi connectivity index (χ4v) is 5.15. The molecule has 2 heterocycles. The summed E-state index contributed by atoms with van der Waals surface area (Å²) in [6.45, 7) is 4.25. The summed E-state index contributed by atoms with van der Waals surface area (Å²) in [6, 6.07) is 7.84. The van der Waals surface area contributed by atoms with Crippen LogP contribution >= 0.6 is 0 Å². The second-order valence-corrected chi connectivity index (χ2v) is 9.39. The van der Waals surface area contributed by atoms with Gasteiger partial charge < -0.3 is 15.4 Å². The van der Waals surface area contributed by atoms with Gasteiger partial charge in [0.15, 0.2) is 5.96 Å². The van der Waals surface area contributed by atoms with Gasteiger partial charge in [-0.3, -0.25) is 4.99 Å². The van der Waals surface area contributed by atoms with Gasteiger partial charge in [-0.25, -0.2) is 13.1 Å². The Kier molecular flexibility index (Phi) is 6.39. The normalized spacial score (nSPS) is 25.2. The van der Waals surface area contributed by atoms with Crippen LogP contribution in [0, 0.1) is 0 Å². The van der Waals surface area contributed by atoms with Gasteiger partial charge in [-0.2, -0.15) is 0 Å². The van der Waals surface area contributed by atoms with E-state index in [0.29, 0.717) is 24.8 Å². The maximum Gasteiger partial charge on any atom is 0.216 e. The predicted octanol–water partition coefficient (Wildman–Crippen LogP) is 1.50. The fourth-order valence-electron chi connectivity index (χ4n) is 3.72. The van der Waals surface area contributed by atoms with E-state index < -0.39 is 10.0 Å². The maximum absolute atomic E-state index is 12.0. The Morgan fingerprint density at radius 3 is 2.48 bits per heavy atom. The summed E-state index contributed by atoms with van der Waals surface area (Å²) in [6.07, 6.45) is 4.03. The first-order valence-corrected chi connectivity index (χ1v) is 11.2. The highest BCUT2D eigenvalue weighted by Gasteiger charge is 2.41. The topological polar surface area (TPSA) is 91.8 Å². The molecule has 0 spiro atoms. The first-order chi connectivity index (χ1) is 12.8. The van der Waals surface area contributed by atoms with Crippen molar-refractivity contribution < 1.29 is 13.2 Å². The van der Waals surface area contributed by atoms with E-state index in [2.05, 4.69) is 20.3 Å². The first kappa shape index (κ1) is 20.1. The molecule has 2 bridgehead atoms. The van der Waals surface area contributed by atoms with Crippen molar-refractivity contribution in [2.45, 2.75) is 69.7 Å². The molecule has 3 unspecified atom stereocenters. The van der Waals surface area contributed by atoms with Crippen LogP contribution in [0.3, 0.4) is 0 Å². The molecule has 3 rings (SSSR count). The van der Waals surface area contributed by atoms with Crippen molar-refractivity contribution in [2.75, 3.05) is 7.05 Å². The van der Waals surface area contributed by atoms with Crippen LogP contribution in [-0.4, -0.2) is 45.7 Å². The predicted molar refractivity (Wildman–Crippen MR) is 107 cm³/mol. The smallest absolute Gasteiger partial charge is 0.216 e. The zero-order valence-corrected chi connectivity index (χ0v) is 17.1. The molecule has 150 valence electrons. The molecule has 0 aromatic heterocycles. The molecule has 0 aliphatic carbocycles. The second kappa shape index (κ2) is 8.58. The standard InChI is InChI=1S/C19H30N4O3S/c1-13(2)23-27(24,25)12-15-6-4-14(5-7-15)11-21-19(20-3)22-17-10-16-8-9-18(17)26-16/h4-7,13,16-18,23H,8-12H2,1-3H3,(H2,20,21,22). The molecule has 8 heteroatoms. The number of aliphatic imine (C=N–C) groups is 1. The quantitative estimate of drug-likeness (QED) is 0.482. The number of guanidine groups is 1. The van der Waals surface area contributed by atoms with Gasteiger partial charge in [-0.1, -0.05) is 24.3 Å². The molecule has 0 saturated carbocycles. The van der Waals surface area contributed by atoms with E-state index in [-0.39, 0.29) is 11.8 Å². The number of nitrogens with one attached hydrogen (secondary N) is 3. The van der Waals surface area contributed by atoms with Crippen LogP contribution in [0.15, 0.2) is 29.3 Å². The summed E-state index contributed by atoms with van der Waals surface area (Å²) in [5.41, 5.74) is 1.84. The summed E-state index contributed by atoms with van der Waals surface area (Å²) in [4.78, 5) is 4.30. The summed E-state index contributed by atoms with van der Waals surface area (Å²) in [5.74, 6) is 0.760. The first-order valence-electron chi connectivity index (χ1n) is 9.55. The summed E-state index contributed by atoms with van der Waals surface area (Å²) in [5, 5.41) is 6.77. The Morgan fingerprint density at radius 1 is 1.22 bits per heavy atom. The Hall–Kier alpha value is -1.64.